The van der Waals surface area contributed by atoms with Gasteiger partial charge in [-0.15, -0.1) is 0 Å². The van der Waals surface area contributed by atoms with Gasteiger partial charge in [0.1, 0.15) is 12.9 Å². The summed E-state index contributed by atoms with van der Waals surface area (Å²) in [7, 11) is 0. The second-order valence-corrected chi connectivity index (χ2v) is 4.39. The molecule has 5 nitrogen and oxygen atoms in total. The number of aliphatic hydroxyl groups excluding tert-OH is 1. The predicted molar refractivity (Wildman–Crippen MR) is 78.3 cm³/mol. The highest BCUT2D eigenvalue weighted by Gasteiger charge is 2.10. The van der Waals surface area contributed by atoms with Gasteiger partial charge in [-0.05, 0) is 30.7 Å². The minimum atomic E-state index is -0.240. The van der Waals surface area contributed by atoms with Crippen LogP contribution in [0.2, 0.25) is 0 Å². The molecule has 0 unspecified atom stereocenters. The largest absolute Gasteiger partial charge is 0.384 e. The van der Waals surface area contributed by atoms with Crippen LogP contribution in [-0.4, -0.2) is 27.6 Å². The lowest BCUT2D eigenvalue weighted by Crippen LogP contribution is -2.24. The molecule has 0 fully saturated rings. The maximum Gasteiger partial charge on any atom is 0.252 e. The highest BCUT2D eigenvalue weighted by Crippen LogP contribution is 2.11. The molecule has 0 spiro atoms. The van der Waals surface area contributed by atoms with Crippen LogP contribution in [0.3, 0.4) is 0 Å². The SMILES string of the molecule is Cc1ccc(C(=O)NCc2ccncn2)c(C#CCO)c1. The molecule has 0 saturated carbocycles. The number of aliphatic hydroxyl groups is 1. The number of aryl methyl sites for hydroxylation is 1. The molecule has 2 rings (SSSR count). The van der Waals surface area contributed by atoms with Crippen LogP contribution in [-0.2, 0) is 6.54 Å². The lowest BCUT2D eigenvalue weighted by atomic mass is 10.0. The summed E-state index contributed by atoms with van der Waals surface area (Å²) in [5, 5.41) is 11.6. The number of rotatable bonds is 3. The minimum absolute atomic E-state index is 0.226. The molecule has 21 heavy (non-hydrogen) atoms. The lowest BCUT2D eigenvalue weighted by molar-refractivity contribution is 0.0950. The molecule has 106 valence electrons. The second kappa shape index (κ2) is 7.17. The number of carbonyl (C=O) groups excluding carboxylic acids is 1. The molecule has 0 atom stereocenters. The zero-order valence-electron chi connectivity index (χ0n) is 11.6. The van der Waals surface area contributed by atoms with Crippen LogP contribution >= 0.6 is 0 Å². The molecule has 1 aromatic heterocycles. The third kappa shape index (κ3) is 4.13. The third-order valence-electron chi connectivity index (χ3n) is 2.80. The quantitative estimate of drug-likeness (QED) is 0.825. The van der Waals surface area contributed by atoms with E-state index < -0.39 is 0 Å². The smallest absolute Gasteiger partial charge is 0.252 e. The predicted octanol–water partition coefficient (Wildman–Crippen LogP) is 1.06. The van der Waals surface area contributed by atoms with Gasteiger partial charge in [-0.25, -0.2) is 9.97 Å². The van der Waals surface area contributed by atoms with Crippen LogP contribution in [0.4, 0.5) is 0 Å². The van der Waals surface area contributed by atoms with Crippen LogP contribution in [0.25, 0.3) is 0 Å². The Kier molecular flexibility index (Phi) is 5.02. The zero-order chi connectivity index (χ0) is 15.1. The standard InChI is InChI=1S/C16H15N3O2/c1-12-4-5-15(13(9-12)3-2-8-20)16(21)18-10-14-6-7-17-11-19-14/h4-7,9,11,20H,8,10H2,1H3,(H,18,21). The maximum absolute atomic E-state index is 12.2. The Morgan fingerprint density at radius 3 is 2.95 bits per heavy atom. The van der Waals surface area contributed by atoms with E-state index in [-0.39, 0.29) is 12.5 Å². The van der Waals surface area contributed by atoms with E-state index in [0.29, 0.717) is 17.7 Å². The van der Waals surface area contributed by atoms with Crippen LogP contribution in [0.1, 0.15) is 27.2 Å². The molecule has 0 bridgehead atoms. The number of hydrogen-bond donors (Lipinski definition) is 2. The topological polar surface area (TPSA) is 75.1 Å². The Labute approximate surface area is 123 Å². The second-order valence-electron chi connectivity index (χ2n) is 4.39. The van der Waals surface area contributed by atoms with Crippen molar-refractivity contribution < 1.29 is 9.90 Å². The molecular formula is C16H15N3O2. The Morgan fingerprint density at radius 2 is 2.24 bits per heavy atom. The maximum atomic E-state index is 12.2. The van der Waals surface area contributed by atoms with Crippen molar-refractivity contribution in [3.8, 4) is 11.8 Å². The van der Waals surface area contributed by atoms with E-state index in [2.05, 4.69) is 27.1 Å². The molecule has 1 amide bonds. The van der Waals surface area contributed by atoms with Gasteiger partial charge in [-0.3, -0.25) is 4.79 Å². The summed E-state index contributed by atoms with van der Waals surface area (Å²) in [4.78, 5) is 20.1. The fourth-order valence-corrected chi connectivity index (χ4v) is 1.78. The van der Waals surface area contributed by atoms with Gasteiger partial charge in [0.05, 0.1) is 17.8 Å². The monoisotopic (exact) mass is 281 g/mol. The van der Waals surface area contributed by atoms with Crippen LogP contribution in [0, 0.1) is 18.8 Å². The van der Waals surface area contributed by atoms with Gasteiger partial charge >= 0.3 is 0 Å². The Bertz CT molecular complexity index is 688. The number of nitrogens with one attached hydrogen (secondary N) is 1. The average Bonchev–Trinajstić information content (AvgIpc) is 2.51. The molecule has 1 heterocycles. The Balaban J connectivity index is 2.15. The minimum Gasteiger partial charge on any atom is -0.384 e. The van der Waals surface area contributed by atoms with Crippen molar-refractivity contribution in [3.05, 3.63) is 59.2 Å². The molecule has 2 aromatic rings. The zero-order valence-corrected chi connectivity index (χ0v) is 11.6. The third-order valence-corrected chi connectivity index (χ3v) is 2.80. The van der Waals surface area contributed by atoms with Gasteiger partial charge in [-0.2, -0.15) is 0 Å². The first-order chi connectivity index (χ1) is 10.2. The van der Waals surface area contributed by atoms with Gasteiger partial charge < -0.3 is 10.4 Å². The van der Waals surface area contributed by atoms with Crippen molar-refractivity contribution in [2.45, 2.75) is 13.5 Å². The summed E-state index contributed by atoms with van der Waals surface area (Å²) < 4.78 is 0. The van der Waals surface area contributed by atoms with E-state index in [1.54, 1.807) is 18.3 Å². The number of nitrogens with zero attached hydrogens (tertiary/aromatic N) is 2. The van der Waals surface area contributed by atoms with Crippen molar-refractivity contribution in [3.63, 3.8) is 0 Å². The Hall–Kier alpha value is -2.71. The van der Waals surface area contributed by atoms with E-state index in [9.17, 15) is 4.79 Å². The molecule has 1 aromatic carbocycles. The van der Waals surface area contributed by atoms with Crippen molar-refractivity contribution in [2.75, 3.05) is 6.61 Å². The highest BCUT2D eigenvalue weighted by atomic mass is 16.2. The van der Waals surface area contributed by atoms with Gasteiger partial charge in [0.2, 0.25) is 0 Å². The van der Waals surface area contributed by atoms with Crippen LogP contribution in [0.15, 0.2) is 36.8 Å². The summed E-state index contributed by atoms with van der Waals surface area (Å²) in [6, 6.07) is 7.14. The summed E-state index contributed by atoms with van der Waals surface area (Å²) >= 11 is 0. The van der Waals surface area contributed by atoms with Crippen molar-refractivity contribution in [1.29, 1.82) is 0 Å². The van der Waals surface area contributed by atoms with E-state index in [1.165, 1.54) is 6.33 Å². The first-order valence-electron chi connectivity index (χ1n) is 6.44. The molecule has 0 radical (unpaired) electrons. The molecule has 0 aliphatic rings. The van der Waals surface area contributed by atoms with E-state index in [0.717, 1.165) is 11.3 Å². The van der Waals surface area contributed by atoms with E-state index >= 15 is 0 Å². The highest BCUT2D eigenvalue weighted by molar-refractivity contribution is 5.96. The fraction of sp³-hybridized carbons (Fsp3) is 0.188. The van der Waals surface area contributed by atoms with Gasteiger partial charge in [0.25, 0.3) is 5.91 Å². The molecular weight excluding hydrogens is 266 g/mol. The Morgan fingerprint density at radius 1 is 1.38 bits per heavy atom. The van der Waals surface area contributed by atoms with Crippen LogP contribution < -0.4 is 5.32 Å². The number of aromatic nitrogens is 2. The summed E-state index contributed by atoms with van der Waals surface area (Å²) in [5.74, 6) is 5.14. The lowest BCUT2D eigenvalue weighted by Gasteiger charge is -2.07. The van der Waals surface area contributed by atoms with Gasteiger partial charge in [0.15, 0.2) is 0 Å². The molecule has 2 N–H and O–H groups in total. The normalized spacial score (nSPS) is 9.62. The number of hydrogen-bond acceptors (Lipinski definition) is 4. The fourth-order valence-electron chi connectivity index (χ4n) is 1.78. The number of carbonyl (C=O) groups is 1. The molecule has 0 aliphatic carbocycles. The van der Waals surface area contributed by atoms with Crippen LogP contribution in [0.5, 0.6) is 0 Å². The number of benzene rings is 1. The van der Waals surface area contributed by atoms with Crippen molar-refractivity contribution in [2.24, 2.45) is 0 Å². The van der Waals surface area contributed by atoms with Crippen molar-refractivity contribution in [1.82, 2.24) is 15.3 Å². The number of amides is 1. The molecule has 0 aliphatic heterocycles. The summed E-state index contributed by atoms with van der Waals surface area (Å²) in [5.41, 5.74) is 2.82. The summed E-state index contributed by atoms with van der Waals surface area (Å²) in [6.07, 6.45) is 3.06. The molecule has 5 heteroatoms. The van der Waals surface area contributed by atoms with Gasteiger partial charge in [-0.1, -0.05) is 17.9 Å². The average molecular weight is 281 g/mol. The van der Waals surface area contributed by atoms with Crippen molar-refractivity contribution >= 4 is 5.91 Å². The van der Waals surface area contributed by atoms with E-state index in [4.69, 9.17) is 5.11 Å². The van der Waals surface area contributed by atoms with Gasteiger partial charge in [0, 0.05) is 11.8 Å². The summed E-state index contributed by atoms with van der Waals surface area (Å²) in [6.45, 7) is 2.00. The first-order valence-corrected chi connectivity index (χ1v) is 6.44. The first kappa shape index (κ1) is 14.7. The molecule has 0 saturated heterocycles. The van der Waals surface area contributed by atoms with E-state index in [1.807, 2.05) is 19.1 Å².